The van der Waals surface area contributed by atoms with Crippen LogP contribution in [0.1, 0.15) is 25.6 Å². The Bertz CT molecular complexity index is 511. The minimum atomic E-state index is -3.51. The van der Waals surface area contributed by atoms with E-state index in [1.807, 2.05) is 6.92 Å². The molecule has 1 saturated heterocycles. The number of carbonyl (C=O) groups excluding carboxylic acids is 1. The topological polar surface area (TPSA) is 83.1 Å². The molecule has 0 bridgehead atoms. The van der Waals surface area contributed by atoms with E-state index in [-0.39, 0.29) is 23.9 Å². The second-order valence-corrected chi connectivity index (χ2v) is 5.90. The average molecular weight is 257 g/mol. The molecule has 0 spiro atoms. The van der Waals surface area contributed by atoms with Crippen molar-refractivity contribution in [3.05, 3.63) is 12.0 Å². The predicted octanol–water partition coefficient (Wildman–Crippen LogP) is 0.326. The van der Waals surface area contributed by atoms with Crippen molar-refractivity contribution in [1.82, 2.24) is 14.3 Å². The monoisotopic (exact) mass is 257 g/mol. The number of hydrogen-bond donors (Lipinski definition) is 1. The van der Waals surface area contributed by atoms with Crippen molar-refractivity contribution in [1.29, 1.82) is 0 Å². The molecule has 1 aliphatic heterocycles. The fourth-order valence-corrected chi connectivity index (χ4v) is 3.14. The number of piperidine rings is 1. The first kappa shape index (κ1) is 12.3. The summed E-state index contributed by atoms with van der Waals surface area (Å²) in [5, 5.41) is 0.115. The van der Waals surface area contributed by atoms with Gasteiger partial charge in [-0.05, 0) is 0 Å². The van der Waals surface area contributed by atoms with Crippen LogP contribution < -0.4 is 0 Å². The molecule has 0 amide bonds. The third-order valence-corrected chi connectivity index (χ3v) is 4.65. The Morgan fingerprint density at radius 1 is 1.41 bits per heavy atom. The Morgan fingerprint density at radius 3 is 2.59 bits per heavy atom. The van der Waals surface area contributed by atoms with Crippen molar-refractivity contribution >= 4 is 15.8 Å². The standard InChI is InChI=1S/C10H15N3O3S/c1-2-9-11-7-10(12-9)17(15,16)13-5-3-8(14)4-6-13/h7H,2-6H2,1H3,(H,11,12). The summed E-state index contributed by atoms with van der Waals surface area (Å²) in [4.78, 5) is 17.8. The molecule has 1 N–H and O–H groups in total. The van der Waals surface area contributed by atoms with E-state index in [2.05, 4.69) is 9.97 Å². The lowest BCUT2D eigenvalue weighted by Crippen LogP contribution is -2.38. The summed E-state index contributed by atoms with van der Waals surface area (Å²) in [7, 11) is -3.51. The molecule has 0 saturated carbocycles. The van der Waals surface area contributed by atoms with Crippen molar-refractivity contribution in [3.8, 4) is 0 Å². The second kappa shape index (κ2) is 4.58. The summed E-state index contributed by atoms with van der Waals surface area (Å²) in [5.74, 6) is 0.770. The maximum atomic E-state index is 12.2. The number of Topliss-reactive ketones (excluding diaryl/α,β-unsaturated/α-hetero) is 1. The molecule has 1 fully saturated rings. The normalized spacial score (nSPS) is 18.5. The molecule has 6 nitrogen and oxygen atoms in total. The van der Waals surface area contributed by atoms with Gasteiger partial charge in [-0.15, -0.1) is 0 Å². The van der Waals surface area contributed by atoms with E-state index in [4.69, 9.17) is 0 Å². The molecule has 2 rings (SSSR count). The zero-order chi connectivity index (χ0) is 12.5. The second-order valence-electron chi connectivity index (χ2n) is 3.99. The summed E-state index contributed by atoms with van der Waals surface area (Å²) < 4.78 is 25.7. The first-order valence-corrected chi connectivity index (χ1v) is 7.03. The van der Waals surface area contributed by atoms with Crippen LogP contribution in [0.4, 0.5) is 0 Å². The summed E-state index contributed by atoms with van der Waals surface area (Å²) in [5.41, 5.74) is 0. The smallest absolute Gasteiger partial charge is 0.260 e. The number of hydrogen-bond acceptors (Lipinski definition) is 4. The van der Waals surface area contributed by atoms with Gasteiger partial charge in [-0.25, -0.2) is 13.4 Å². The molecular formula is C10H15N3O3S. The number of H-pyrrole nitrogens is 1. The summed E-state index contributed by atoms with van der Waals surface area (Å²) in [6.07, 6.45) is 2.60. The van der Waals surface area contributed by atoms with Crippen LogP contribution in [-0.4, -0.2) is 41.6 Å². The van der Waals surface area contributed by atoms with Crippen LogP contribution >= 0.6 is 0 Å². The number of ketones is 1. The lowest BCUT2D eigenvalue weighted by atomic mass is 10.1. The molecule has 0 unspecified atom stereocenters. The van der Waals surface area contributed by atoms with Gasteiger partial charge in [0.05, 0.1) is 6.20 Å². The lowest BCUT2D eigenvalue weighted by molar-refractivity contribution is -0.120. The average Bonchev–Trinajstić information content (AvgIpc) is 2.78. The van der Waals surface area contributed by atoms with Crippen LogP contribution in [0.2, 0.25) is 0 Å². The third kappa shape index (κ3) is 2.39. The van der Waals surface area contributed by atoms with Gasteiger partial charge >= 0.3 is 0 Å². The van der Waals surface area contributed by atoms with E-state index >= 15 is 0 Å². The van der Waals surface area contributed by atoms with Crippen LogP contribution in [0.25, 0.3) is 0 Å². The van der Waals surface area contributed by atoms with E-state index in [0.717, 1.165) is 0 Å². The summed E-state index contributed by atoms with van der Waals surface area (Å²) in [6.45, 7) is 2.43. The highest BCUT2D eigenvalue weighted by atomic mass is 32.2. The molecule has 2 heterocycles. The molecule has 0 aliphatic carbocycles. The third-order valence-electron chi connectivity index (χ3n) is 2.84. The van der Waals surface area contributed by atoms with Gasteiger partial charge in [0, 0.05) is 32.4 Å². The SMILES string of the molecule is CCc1ncc(S(=O)(=O)N2CCC(=O)CC2)[nH]1. The number of carbonyl (C=O) groups is 1. The fourth-order valence-electron chi connectivity index (χ4n) is 1.77. The van der Waals surface area contributed by atoms with Crippen LogP contribution in [0.3, 0.4) is 0 Å². The quantitative estimate of drug-likeness (QED) is 0.845. The van der Waals surface area contributed by atoms with E-state index in [9.17, 15) is 13.2 Å². The Hall–Kier alpha value is -1.21. The maximum absolute atomic E-state index is 12.2. The number of aromatic nitrogens is 2. The molecule has 94 valence electrons. The number of aromatic amines is 1. The summed E-state index contributed by atoms with van der Waals surface area (Å²) >= 11 is 0. The van der Waals surface area contributed by atoms with Crippen molar-refractivity contribution in [3.63, 3.8) is 0 Å². The van der Waals surface area contributed by atoms with E-state index < -0.39 is 10.0 Å². The molecule has 0 atom stereocenters. The molecular weight excluding hydrogens is 242 g/mol. The van der Waals surface area contributed by atoms with Gasteiger partial charge in [-0.1, -0.05) is 6.92 Å². The van der Waals surface area contributed by atoms with E-state index in [0.29, 0.717) is 25.1 Å². The van der Waals surface area contributed by atoms with Crippen LogP contribution in [-0.2, 0) is 21.2 Å². The molecule has 1 aromatic rings. The minimum Gasteiger partial charge on any atom is -0.332 e. The van der Waals surface area contributed by atoms with Gasteiger partial charge in [0.2, 0.25) is 0 Å². The number of sulfonamides is 1. The van der Waals surface area contributed by atoms with Gasteiger partial charge in [0.15, 0.2) is 5.03 Å². The van der Waals surface area contributed by atoms with Crippen molar-refractivity contribution in [2.24, 2.45) is 0 Å². The van der Waals surface area contributed by atoms with Gasteiger partial charge in [-0.3, -0.25) is 4.79 Å². The molecule has 0 radical (unpaired) electrons. The predicted molar refractivity (Wildman–Crippen MR) is 61.0 cm³/mol. The van der Waals surface area contributed by atoms with Crippen molar-refractivity contribution < 1.29 is 13.2 Å². The summed E-state index contributed by atoms with van der Waals surface area (Å²) in [6, 6.07) is 0. The van der Waals surface area contributed by atoms with Gasteiger partial charge < -0.3 is 4.98 Å². The number of aryl methyl sites for hydroxylation is 1. The Labute approximate surface area is 100 Å². The molecule has 1 aromatic heterocycles. The van der Waals surface area contributed by atoms with Gasteiger partial charge in [0.1, 0.15) is 11.6 Å². The number of nitrogens with zero attached hydrogens (tertiary/aromatic N) is 2. The minimum absolute atomic E-state index is 0.115. The Morgan fingerprint density at radius 2 is 2.06 bits per heavy atom. The van der Waals surface area contributed by atoms with Gasteiger partial charge in [0.25, 0.3) is 10.0 Å². The van der Waals surface area contributed by atoms with E-state index in [1.165, 1.54) is 10.5 Å². The van der Waals surface area contributed by atoms with Crippen LogP contribution in [0, 0.1) is 0 Å². The molecule has 0 aromatic carbocycles. The highest BCUT2D eigenvalue weighted by Gasteiger charge is 2.29. The van der Waals surface area contributed by atoms with Gasteiger partial charge in [-0.2, -0.15) is 4.31 Å². The largest absolute Gasteiger partial charge is 0.332 e. The zero-order valence-electron chi connectivity index (χ0n) is 9.64. The van der Waals surface area contributed by atoms with Crippen molar-refractivity contribution in [2.45, 2.75) is 31.2 Å². The first-order chi connectivity index (χ1) is 8.04. The maximum Gasteiger partial charge on any atom is 0.260 e. The molecule has 17 heavy (non-hydrogen) atoms. The zero-order valence-corrected chi connectivity index (χ0v) is 10.5. The molecule has 7 heteroatoms. The number of rotatable bonds is 3. The first-order valence-electron chi connectivity index (χ1n) is 5.59. The van der Waals surface area contributed by atoms with Crippen LogP contribution in [0.5, 0.6) is 0 Å². The lowest BCUT2D eigenvalue weighted by Gasteiger charge is -2.24. The highest BCUT2D eigenvalue weighted by Crippen LogP contribution is 2.17. The molecule has 1 aliphatic rings. The van der Waals surface area contributed by atoms with E-state index in [1.54, 1.807) is 0 Å². The highest BCUT2D eigenvalue weighted by molar-refractivity contribution is 7.89. The van der Waals surface area contributed by atoms with Crippen LogP contribution in [0.15, 0.2) is 11.2 Å². The Kier molecular flexibility index (Phi) is 3.30. The number of imidazole rings is 1. The Balaban J connectivity index is 2.21. The fraction of sp³-hybridized carbons (Fsp3) is 0.600. The number of nitrogens with one attached hydrogen (secondary N) is 1. The van der Waals surface area contributed by atoms with Crippen molar-refractivity contribution in [2.75, 3.05) is 13.1 Å².